The van der Waals surface area contributed by atoms with Crippen LogP contribution in [-0.4, -0.2) is 64.6 Å². The second-order valence-corrected chi connectivity index (χ2v) is 5.34. The van der Waals surface area contributed by atoms with E-state index in [1.165, 1.54) is 0 Å². The number of hydrogen-bond donors (Lipinski definition) is 2. The quantitative estimate of drug-likeness (QED) is 0.862. The number of piperazine rings is 1. The van der Waals surface area contributed by atoms with Crippen molar-refractivity contribution in [1.29, 1.82) is 0 Å². The van der Waals surface area contributed by atoms with Crippen LogP contribution in [0.5, 0.6) is 0 Å². The van der Waals surface area contributed by atoms with Gasteiger partial charge in [-0.05, 0) is 12.1 Å². The Labute approximate surface area is 133 Å². The van der Waals surface area contributed by atoms with Gasteiger partial charge in [0.05, 0.1) is 11.2 Å². The van der Waals surface area contributed by atoms with Crippen LogP contribution in [0.1, 0.15) is 0 Å². The van der Waals surface area contributed by atoms with E-state index < -0.39 is 6.61 Å². The number of aromatic nitrogens is 1. The minimum Gasteiger partial charge on any atom is -0.387 e. The number of rotatable bonds is 2. The molecule has 1 aromatic carbocycles. The van der Waals surface area contributed by atoms with Crippen LogP contribution < -0.4 is 5.32 Å². The number of aliphatic hydroxyl groups excluding tert-OH is 1. The average Bonchev–Trinajstić information content (AvgIpc) is 2.61. The molecule has 0 atom stereocenters. The lowest BCUT2D eigenvalue weighted by Gasteiger charge is -2.34. The summed E-state index contributed by atoms with van der Waals surface area (Å²) in [5, 5.41) is 12.7. The van der Waals surface area contributed by atoms with Crippen molar-refractivity contribution in [2.75, 3.05) is 38.1 Å². The lowest BCUT2D eigenvalue weighted by molar-refractivity contribution is -0.135. The van der Waals surface area contributed by atoms with Gasteiger partial charge in [-0.3, -0.25) is 9.78 Å². The number of nitrogens with one attached hydrogen (secondary N) is 1. The summed E-state index contributed by atoms with van der Waals surface area (Å²) in [7, 11) is 0. The van der Waals surface area contributed by atoms with Gasteiger partial charge in [0.15, 0.2) is 0 Å². The first-order valence-electron chi connectivity index (χ1n) is 7.47. The molecule has 1 aliphatic heterocycles. The second-order valence-electron chi connectivity index (χ2n) is 5.34. The Balaban J connectivity index is 1.67. The minimum atomic E-state index is -0.492. The van der Waals surface area contributed by atoms with Crippen molar-refractivity contribution in [2.24, 2.45) is 0 Å². The lowest BCUT2D eigenvalue weighted by atomic mass is 10.2. The van der Waals surface area contributed by atoms with Gasteiger partial charge in [0, 0.05) is 37.8 Å². The highest BCUT2D eigenvalue weighted by Gasteiger charge is 2.23. The van der Waals surface area contributed by atoms with Crippen molar-refractivity contribution in [3.05, 3.63) is 36.5 Å². The van der Waals surface area contributed by atoms with Crippen molar-refractivity contribution in [3.8, 4) is 0 Å². The van der Waals surface area contributed by atoms with Crippen molar-refractivity contribution >= 4 is 28.5 Å². The van der Waals surface area contributed by atoms with Gasteiger partial charge < -0.3 is 20.2 Å². The molecule has 23 heavy (non-hydrogen) atoms. The van der Waals surface area contributed by atoms with Gasteiger partial charge >= 0.3 is 6.03 Å². The van der Waals surface area contributed by atoms with Gasteiger partial charge in [-0.2, -0.15) is 0 Å². The maximum atomic E-state index is 12.4. The largest absolute Gasteiger partial charge is 0.387 e. The van der Waals surface area contributed by atoms with Crippen LogP contribution in [0.4, 0.5) is 10.5 Å². The fraction of sp³-hybridized carbons (Fsp3) is 0.312. The van der Waals surface area contributed by atoms with Crippen molar-refractivity contribution in [1.82, 2.24) is 14.8 Å². The van der Waals surface area contributed by atoms with Crippen molar-refractivity contribution in [2.45, 2.75) is 0 Å². The van der Waals surface area contributed by atoms with Gasteiger partial charge in [-0.15, -0.1) is 0 Å². The third-order valence-corrected chi connectivity index (χ3v) is 3.93. The molecule has 0 bridgehead atoms. The number of amides is 3. The predicted molar refractivity (Wildman–Crippen MR) is 86.0 cm³/mol. The van der Waals surface area contributed by atoms with E-state index in [1.54, 1.807) is 16.0 Å². The molecule has 2 aromatic rings. The smallest absolute Gasteiger partial charge is 0.322 e. The maximum Gasteiger partial charge on any atom is 0.322 e. The van der Waals surface area contributed by atoms with Crippen molar-refractivity contribution < 1.29 is 14.7 Å². The summed E-state index contributed by atoms with van der Waals surface area (Å²) in [5.41, 5.74) is 1.42. The summed E-state index contributed by atoms with van der Waals surface area (Å²) in [5.74, 6) is -0.302. The first-order chi connectivity index (χ1) is 11.2. The van der Waals surface area contributed by atoms with Gasteiger partial charge in [0.1, 0.15) is 6.61 Å². The van der Waals surface area contributed by atoms with Crippen LogP contribution in [0.3, 0.4) is 0 Å². The summed E-state index contributed by atoms with van der Waals surface area (Å²) in [6.45, 7) is 1.25. The van der Waals surface area contributed by atoms with Crippen molar-refractivity contribution in [3.63, 3.8) is 0 Å². The topological polar surface area (TPSA) is 85.8 Å². The molecule has 7 heteroatoms. The first kappa shape index (κ1) is 15.2. The Morgan fingerprint density at radius 2 is 1.78 bits per heavy atom. The molecule has 0 spiro atoms. The molecule has 1 saturated heterocycles. The first-order valence-corrected chi connectivity index (χ1v) is 7.47. The normalized spacial score (nSPS) is 14.8. The number of benzene rings is 1. The van der Waals surface area contributed by atoms with Gasteiger partial charge in [0.25, 0.3) is 0 Å². The monoisotopic (exact) mass is 314 g/mol. The molecule has 1 aliphatic rings. The number of anilines is 1. The highest BCUT2D eigenvalue weighted by Crippen LogP contribution is 2.21. The zero-order chi connectivity index (χ0) is 16.2. The zero-order valence-electron chi connectivity index (χ0n) is 12.6. The standard InChI is InChI=1S/C16H18N4O3/c21-11-14(22)19-7-9-20(10-8-19)16(23)18-13-5-1-3-12-4-2-6-17-15(12)13/h1-6,21H,7-11H2,(H,18,23). The lowest BCUT2D eigenvalue weighted by Crippen LogP contribution is -2.52. The van der Waals surface area contributed by atoms with E-state index in [1.807, 2.05) is 30.3 Å². The maximum absolute atomic E-state index is 12.4. The fourth-order valence-corrected chi connectivity index (χ4v) is 2.66. The number of carbonyl (C=O) groups is 2. The molecular weight excluding hydrogens is 296 g/mol. The highest BCUT2D eigenvalue weighted by atomic mass is 16.3. The van der Waals surface area contributed by atoms with E-state index in [2.05, 4.69) is 10.3 Å². The number of aliphatic hydroxyl groups is 1. The summed E-state index contributed by atoms with van der Waals surface area (Å²) in [4.78, 5) is 31.3. The molecule has 1 fully saturated rings. The second kappa shape index (κ2) is 6.62. The van der Waals surface area contributed by atoms with Crippen LogP contribution in [0.25, 0.3) is 10.9 Å². The van der Waals surface area contributed by atoms with Gasteiger partial charge in [-0.25, -0.2) is 4.79 Å². The Morgan fingerprint density at radius 1 is 1.09 bits per heavy atom. The van der Waals surface area contributed by atoms with E-state index in [0.717, 1.165) is 10.9 Å². The molecule has 3 amide bonds. The Kier molecular flexibility index (Phi) is 4.38. The number of fused-ring (bicyclic) bond motifs is 1. The molecule has 7 nitrogen and oxygen atoms in total. The summed E-state index contributed by atoms with van der Waals surface area (Å²) < 4.78 is 0. The van der Waals surface area contributed by atoms with E-state index in [4.69, 9.17) is 5.11 Å². The Bertz CT molecular complexity index is 721. The van der Waals surface area contributed by atoms with Gasteiger partial charge in [-0.1, -0.05) is 18.2 Å². The molecule has 2 N–H and O–H groups in total. The molecule has 3 rings (SSSR count). The van der Waals surface area contributed by atoms with Crippen LogP contribution >= 0.6 is 0 Å². The molecule has 1 aromatic heterocycles. The van der Waals surface area contributed by atoms with E-state index in [-0.39, 0.29) is 11.9 Å². The number of carbonyl (C=O) groups excluding carboxylic acids is 2. The van der Waals surface area contributed by atoms with Crippen LogP contribution in [0.2, 0.25) is 0 Å². The molecule has 0 saturated carbocycles. The van der Waals surface area contributed by atoms with Gasteiger partial charge in [0.2, 0.25) is 5.91 Å². The third kappa shape index (κ3) is 3.24. The zero-order valence-corrected chi connectivity index (χ0v) is 12.6. The van der Waals surface area contributed by atoms with E-state index in [9.17, 15) is 9.59 Å². The molecular formula is C16H18N4O3. The van der Waals surface area contributed by atoms with E-state index in [0.29, 0.717) is 31.9 Å². The molecule has 0 aliphatic carbocycles. The average molecular weight is 314 g/mol. The van der Waals surface area contributed by atoms with E-state index >= 15 is 0 Å². The number of pyridine rings is 1. The molecule has 0 unspecified atom stereocenters. The third-order valence-electron chi connectivity index (χ3n) is 3.93. The summed E-state index contributed by atoms with van der Waals surface area (Å²) in [6.07, 6.45) is 1.69. The fourth-order valence-electron chi connectivity index (χ4n) is 2.66. The highest BCUT2D eigenvalue weighted by molar-refractivity contribution is 5.99. The summed E-state index contributed by atoms with van der Waals surface area (Å²) in [6, 6.07) is 9.22. The number of nitrogens with zero attached hydrogens (tertiary/aromatic N) is 3. The molecule has 120 valence electrons. The predicted octanol–water partition coefficient (Wildman–Crippen LogP) is 0.903. The molecule has 0 radical (unpaired) electrons. The SMILES string of the molecule is O=C(CO)N1CCN(C(=O)Nc2cccc3cccnc23)CC1. The van der Waals surface area contributed by atoms with Crippen LogP contribution in [-0.2, 0) is 4.79 Å². The van der Waals surface area contributed by atoms with Crippen LogP contribution in [0, 0.1) is 0 Å². The Hall–Kier alpha value is -2.67. The molecule has 2 heterocycles. The number of para-hydroxylation sites is 1. The summed E-state index contributed by atoms with van der Waals surface area (Å²) >= 11 is 0. The minimum absolute atomic E-state index is 0.209. The van der Waals surface area contributed by atoms with Crippen LogP contribution in [0.15, 0.2) is 36.5 Å². The Morgan fingerprint density at radius 3 is 2.52 bits per heavy atom. The number of hydrogen-bond acceptors (Lipinski definition) is 4. The number of urea groups is 1.